The Hall–Kier alpha value is -1.08. The molecule has 0 heterocycles. The molecular weight excluding hydrogens is 235 g/mol. The highest BCUT2D eigenvalue weighted by molar-refractivity contribution is 6.76. The fourth-order valence-electron chi connectivity index (χ4n) is 1.42. The maximum Gasteiger partial charge on any atom is 0.264 e. The first-order valence-electron chi connectivity index (χ1n) is 4.19. The first-order chi connectivity index (χ1) is 6.97. The van der Waals surface area contributed by atoms with Gasteiger partial charge in [0.15, 0.2) is 0 Å². The zero-order chi connectivity index (χ0) is 11.6. The largest absolute Gasteiger partial charge is 0.275 e. The summed E-state index contributed by atoms with van der Waals surface area (Å²) in [6.45, 7) is 3.63. The number of allylic oxidation sites excluding steroid dienone is 1. The van der Waals surface area contributed by atoms with E-state index in [4.69, 9.17) is 23.2 Å². The summed E-state index contributed by atoms with van der Waals surface area (Å²) in [5.74, 6) is 1.52. The third-order valence-electron chi connectivity index (χ3n) is 1.98. The molecular formula is C11H8Cl2O2. The van der Waals surface area contributed by atoms with Crippen LogP contribution in [0.2, 0.25) is 5.02 Å². The fraction of sp³-hybridized carbons (Fsp3) is 0.182. The SMILES string of the molecule is Cc1cc(C)c(C(=C=O)C(=O)Cl)c(Cl)c1. The van der Waals surface area contributed by atoms with Gasteiger partial charge >= 0.3 is 0 Å². The van der Waals surface area contributed by atoms with Crippen LogP contribution in [0.1, 0.15) is 16.7 Å². The van der Waals surface area contributed by atoms with E-state index in [2.05, 4.69) is 0 Å². The second kappa shape index (κ2) is 4.63. The van der Waals surface area contributed by atoms with E-state index in [1.54, 1.807) is 13.0 Å². The highest BCUT2D eigenvalue weighted by Crippen LogP contribution is 2.28. The Morgan fingerprint density at radius 3 is 2.33 bits per heavy atom. The summed E-state index contributed by atoms with van der Waals surface area (Å²) < 4.78 is 0. The van der Waals surface area contributed by atoms with Crippen molar-refractivity contribution in [2.45, 2.75) is 13.8 Å². The van der Waals surface area contributed by atoms with Crippen molar-refractivity contribution in [2.24, 2.45) is 0 Å². The molecule has 0 spiro atoms. The monoisotopic (exact) mass is 242 g/mol. The molecule has 78 valence electrons. The number of hydrogen-bond acceptors (Lipinski definition) is 2. The molecule has 0 aliphatic carbocycles. The second-order valence-electron chi connectivity index (χ2n) is 3.19. The van der Waals surface area contributed by atoms with E-state index in [0.29, 0.717) is 10.6 Å². The average molecular weight is 243 g/mol. The third kappa shape index (κ3) is 2.48. The second-order valence-corrected chi connectivity index (χ2v) is 3.94. The molecule has 1 aromatic rings. The van der Waals surface area contributed by atoms with E-state index in [1.165, 1.54) is 5.94 Å². The number of halogens is 2. The Morgan fingerprint density at radius 2 is 1.93 bits per heavy atom. The molecule has 4 heteroatoms. The first kappa shape index (κ1) is 12.0. The van der Waals surface area contributed by atoms with Gasteiger partial charge in [-0.3, -0.25) is 4.79 Å². The van der Waals surface area contributed by atoms with Gasteiger partial charge in [-0.2, -0.15) is 0 Å². The fourth-order valence-corrected chi connectivity index (χ4v) is 1.97. The van der Waals surface area contributed by atoms with Crippen LogP contribution in [-0.4, -0.2) is 11.2 Å². The van der Waals surface area contributed by atoms with Crippen molar-refractivity contribution in [2.75, 3.05) is 0 Å². The molecule has 0 radical (unpaired) electrons. The van der Waals surface area contributed by atoms with Crippen LogP contribution < -0.4 is 0 Å². The molecule has 0 saturated carbocycles. The zero-order valence-corrected chi connectivity index (χ0v) is 9.74. The van der Waals surface area contributed by atoms with Gasteiger partial charge in [-0.05, 0) is 42.6 Å². The van der Waals surface area contributed by atoms with Gasteiger partial charge in [0.25, 0.3) is 5.24 Å². The predicted molar refractivity (Wildman–Crippen MR) is 60.9 cm³/mol. The van der Waals surface area contributed by atoms with E-state index in [-0.39, 0.29) is 5.57 Å². The maximum absolute atomic E-state index is 11.0. The summed E-state index contributed by atoms with van der Waals surface area (Å²) in [6.07, 6.45) is 0. The molecule has 1 rings (SSSR count). The Morgan fingerprint density at radius 1 is 1.33 bits per heavy atom. The summed E-state index contributed by atoms with van der Waals surface area (Å²) in [4.78, 5) is 21.6. The molecule has 0 atom stereocenters. The molecule has 0 aliphatic heterocycles. The van der Waals surface area contributed by atoms with Gasteiger partial charge in [0, 0.05) is 10.6 Å². The molecule has 0 N–H and O–H groups in total. The van der Waals surface area contributed by atoms with Gasteiger partial charge in [0.2, 0.25) is 0 Å². The van der Waals surface area contributed by atoms with E-state index in [9.17, 15) is 9.59 Å². The minimum absolute atomic E-state index is 0.223. The van der Waals surface area contributed by atoms with Crippen LogP contribution in [0.15, 0.2) is 12.1 Å². The number of carbonyl (C=O) groups is 1. The van der Waals surface area contributed by atoms with E-state index in [1.807, 2.05) is 13.0 Å². The predicted octanol–water partition coefficient (Wildman–Crippen LogP) is 2.94. The van der Waals surface area contributed by atoms with Gasteiger partial charge in [0.05, 0.1) is 0 Å². The van der Waals surface area contributed by atoms with Gasteiger partial charge in [0.1, 0.15) is 11.5 Å². The Balaban J connectivity index is 3.50. The lowest BCUT2D eigenvalue weighted by molar-refractivity contribution is -0.106. The lowest BCUT2D eigenvalue weighted by Gasteiger charge is -2.07. The van der Waals surface area contributed by atoms with Crippen LogP contribution in [0.3, 0.4) is 0 Å². The zero-order valence-electron chi connectivity index (χ0n) is 8.23. The standard InChI is InChI=1S/C11H8Cl2O2/c1-6-3-7(2)10(9(12)4-6)8(5-14)11(13)15/h3-4H,1-2H3. The molecule has 0 unspecified atom stereocenters. The summed E-state index contributed by atoms with van der Waals surface area (Å²) in [5, 5.41) is -0.515. The topological polar surface area (TPSA) is 34.1 Å². The Bertz CT molecular complexity index is 448. The molecule has 2 nitrogen and oxygen atoms in total. The van der Waals surface area contributed by atoms with Gasteiger partial charge in [-0.1, -0.05) is 17.7 Å². The van der Waals surface area contributed by atoms with Crippen molar-refractivity contribution in [3.8, 4) is 0 Å². The van der Waals surface area contributed by atoms with Gasteiger partial charge in [-0.15, -0.1) is 0 Å². The Labute approximate surface area is 97.5 Å². The minimum Gasteiger partial charge on any atom is -0.275 e. The molecule has 0 fully saturated rings. The van der Waals surface area contributed by atoms with Crippen molar-refractivity contribution in [3.05, 3.63) is 33.8 Å². The quantitative estimate of drug-likeness (QED) is 0.454. The van der Waals surface area contributed by atoms with Crippen molar-refractivity contribution in [3.63, 3.8) is 0 Å². The molecule has 0 aromatic heterocycles. The first-order valence-corrected chi connectivity index (χ1v) is 4.95. The third-order valence-corrected chi connectivity index (χ3v) is 2.47. The number of aryl methyl sites for hydroxylation is 2. The summed E-state index contributed by atoms with van der Waals surface area (Å²) in [6, 6.07) is 3.49. The van der Waals surface area contributed by atoms with Gasteiger partial charge in [-0.25, -0.2) is 4.79 Å². The van der Waals surface area contributed by atoms with Gasteiger partial charge < -0.3 is 0 Å². The molecule has 1 aromatic carbocycles. The molecule has 0 aliphatic rings. The number of carbonyl (C=O) groups excluding carboxylic acids is 2. The van der Waals surface area contributed by atoms with Crippen LogP contribution in [0.4, 0.5) is 0 Å². The smallest absolute Gasteiger partial charge is 0.264 e. The van der Waals surface area contributed by atoms with Crippen LogP contribution >= 0.6 is 23.2 Å². The highest BCUT2D eigenvalue weighted by atomic mass is 35.5. The molecule has 0 amide bonds. The van der Waals surface area contributed by atoms with Crippen LogP contribution in [-0.2, 0) is 9.59 Å². The lowest BCUT2D eigenvalue weighted by Crippen LogP contribution is -1.98. The van der Waals surface area contributed by atoms with Crippen molar-refractivity contribution in [1.29, 1.82) is 0 Å². The average Bonchev–Trinajstić information content (AvgIpc) is 2.09. The summed E-state index contributed by atoms with van der Waals surface area (Å²) >= 11 is 11.2. The summed E-state index contributed by atoms with van der Waals surface area (Å²) in [7, 11) is 0. The van der Waals surface area contributed by atoms with E-state index in [0.717, 1.165) is 11.1 Å². The summed E-state index contributed by atoms with van der Waals surface area (Å²) in [5.41, 5.74) is 1.82. The maximum atomic E-state index is 11.0. The highest BCUT2D eigenvalue weighted by Gasteiger charge is 2.16. The molecule has 0 saturated heterocycles. The van der Waals surface area contributed by atoms with E-state index >= 15 is 0 Å². The lowest BCUT2D eigenvalue weighted by atomic mass is 10.0. The Kier molecular flexibility index (Phi) is 3.70. The number of hydrogen-bond donors (Lipinski definition) is 0. The number of benzene rings is 1. The van der Waals surface area contributed by atoms with E-state index < -0.39 is 5.24 Å². The molecule has 0 bridgehead atoms. The number of rotatable bonds is 2. The van der Waals surface area contributed by atoms with Crippen LogP contribution in [0.25, 0.3) is 5.57 Å². The normalized spacial score (nSPS) is 9.60. The van der Waals surface area contributed by atoms with Crippen LogP contribution in [0, 0.1) is 13.8 Å². The van der Waals surface area contributed by atoms with Crippen molar-refractivity contribution < 1.29 is 9.59 Å². The minimum atomic E-state index is -0.848. The molecule has 15 heavy (non-hydrogen) atoms. The van der Waals surface area contributed by atoms with Crippen LogP contribution in [0.5, 0.6) is 0 Å². The van der Waals surface area contributed by atoms with Crippen molar-refractivity contribution in [1.82, 2.24) is 0 Å². The van der Waals surface area contributed by atoms with Crippen molar-refractivity contribution >= 4 is 40.0 Å².